The van der Waals surface area contributed by atoms with Crippen molar-refractivity contribution in [2.45, 2.75) is 33.1 Å². The van der Waals surface area contributed by atoms with E-state index in [0.29, 0.717) is 12.3 Å². The van der Waals surface area contributed by atoms with Crippen LogP contribution in [-0.2, 0) is 18.3 Å². The number of hydrogen-bond donors (Lipinski definition) is 1. The molecule has 2 heterocycles. The summed E-state index contributed by atoms with van der Waals surface area (Å²) >= 11 is 0. The van der Waals surface area contributed by atoms with Gasteiger partial charge in [0.2, 0.25) is 5.91 Å². The maximum absolute atomic E-state index is 12.3. The first kappa shape index (κ1) is 14.1. The predicted octanol–water partition coefficient (Wildman–Crippen LogP) is 0.810. The molecule has 0 spiro atoms. The summed E-state index contributed by atoms with van der Waals surface area (Å²) in [6.07, 6.45) is 2.25. The van der Waals surface area contributed by atoms with Gasteiger partial charge in [-0.1, -0.05) is 0 Å². The van der Waals surface area contributed by atoms with Crippen molar-refractivity contribution < 1.29 is 9.90 Å². The summed E-state index contributed by atoms with van der Waals surface area (Å²) in [7, 11) is 1.91. The number of likely N-dealkylation sites (tertiary alicyclic amines) is 1. The van der Waals surface area contributed by atoms with Gasteiger partial charge in [-0.25, -0.2) is 0 Å². The van der Waals surface area contributed by atoms with E-state index in [9.17, 15) is 4.79 Å². The number of nitrogens with zero attached hydrogens (tertiary/aromatic N) is 3. The lowest BCUT2D eigenvalue weighted by Crippen LogP contribution is -2.30. The molecule has 0 aliphatic carbocycles. The Labute approximate surface area is 114 Å². The van der Waals surface area contributed by atoms with E-state index >= 15 is 0 Å². The lowest BCUT2D eigenvalue weighted by atomic mass is 10.1. The van der Waals surface area contributed by atoms with Crippen LogP contribution in [0.15, 0.2) is 0 Å². The largest absolute Gasteiger partial charge is 0.396 e. The Balaban J connectivity index is 1.98. The summed E-state index contributed by atoms with van der Waals surface area (Å²) in [6, 6.07) is 0. The van der Waals surface area contributed by atoms with Crippen molar-refractivity contribution in [3.8, 4) is 0 Å². The van der Waals surface area contributed by atoms with E-state index in [1.807, 2.05) is 30.5 Å². The lowest BCUT2D eigenvalue weighted by Gasteiger charge is -2.16. The number of hydrogen-bond acceptors (Lipinski definition) is 3. The molecule has 1 atom stereocenters. The molecule has 5 heteroatoms. The van der Waals surface area contributed by atoms with Gasteiger partial charge in [0.25, 0.3) is 0 Å². The molecule has 1 fully saturated rings. The normalized spacial score (nSPS) is 19.2. The quantitative estimate of drug-likeness (QED) is 0.876. The molecule has 1 N–H and O–H groups in total. The van der Waals surface area contributed by atoms with Crippen LogP contribution >= 0.6 is 0 Å². The molecule has 106 valence electrons. The number of carbonyl (C=O) groups is 1. The number of amides is 1. The van der Waals surface area contributed by atoms with Crippen LogP contribution in [0.5, 0.6) is 0 Å². The Hall–Kier alpha value is -1.36. The van der Waals surface area contributed by atoms with Crippen molar-refractivity contribution in [2.75, 3.05) is 19.7 Å². The number of aliphatic hydroxyl groups excluding tert-OH is 1. The molecule has 1 aliphatic rings. The third-order valence-corrected chi connectivity index (χ3v) is 4.16. The van der Waals surface area contributed by atoms with Crippen LogP contribution in [0.2, 0.25) is 0 Å². The Kier molecular flexibility index (Phi) is 4.24. The van der Waals surface area contributed by atoms with Gasteiger partial charge in [-0.05, 0) is 32.6 Å². The van der Waals surface area contributed by atoms with Crippen molar-refractivity contribution in [1.29, 1.82) is 0 Å². The fourth-order valence-electron chi connectivity index (χ4n) is 2.81. The van der Waals surface area contributed by atoms with Crippen LogP contribution < -0.4 is 0 Å². The Morgan fingerprint density at radius 1 is 1.47 bits per heavy atom. The SMILES string of the molecule is Cc1nn(C)c(C)c1CC(=O)N1CCC(CCO)C1. The minimum Gasteiger partial charge on any atom is -0.396 e. The van der Waals surface area contributed by atoms with E-state index in [1.165, 1.54) is 0 Å². The van der Waals surface area contributed by atoms with E-state index in [1.54, 1.807) is 0 Å². The minimum atomic E-state index is 0.180. The molecule has 5 nitrogen and oxygen atoms in total. The summed E-state index contributed by atoms with van der Waals surface area (Å²) in [5.41, 5.74) is 3.06. The van der Waals surface area contributed by atoms with Crippen molar-refractivity contribution in [3.63, 3.8) is 0 Å². The summed E-state index contributed by atoms with van der Waals surface area (Å²) in [5, 5.41) is 13.3. The van der Waals surface area contributed by atoms with Crippen LogP contribution in [0.3, 0.4) is 0 Å². The minimum absolute atomic E-state index is 0.180. The number of aliphatic hydroxyl groups is 1. The van der Waals surface area contributed by atoms with Crippen LogP contribution in [0.25, 0.3) is 0 Å². The van der Waals surface area contributed by atoms with Crippen molar-refractivity contribution in [3.05, 3.63) is 17.0 Å². The number of aromatic nitrogens is 2. The highest BCUT2D eigenvalue weighted by Crippen LogP contribution is 2.21. The smallest absolute Gasteiger partial charge is 0.227 e. The Bertz CT molecular complexity index is 468. The molecule has 0 saturated carbocycles. The van der Waals surface area contributed by atoms with E-state index in [4.69, 9.17) is 5.11 Å². The second-order valence-corrected chi connectivity index (χ2v) is 5.46. The summed E-state index contributed by atoms with van der Waals surface area (Å²) in [6.45, 7) is 5.78. The molecule has 0 radical (unpaired) electrons. The standard InChI is InChI=1S/C14H23N3O2/c1-10-13(11(2)16(3)15-10)8-14(19)17-6-4-12(9-17)5-7-18/h12,18H,4-9H2,1-3H3. The maximum Gasteiger partial charge on any atom is 0.227 e. The summed E-state index contributed by atoms with van der Waals surface area (Å²) in [5.74, 6) is 0.643. The topological polar surface area (TPSA) is 58.4 Å². The van der Waals surface area contributed by atoms with Gasteiger partial charge in [0.15, 0.2) is 0 Å². The fourth-order valence-corrected chi connectivity index (χ4v) is 2.81. The zero-order valence-electron chi connectivity index (χ0n) is 12.0. The zero-order valence-corrected chi connectivity index (χ0v) is 12.0. The highest BCUT2D eigenvalue weighted by molar-refractivity contribution is 5.79. The monoisotopic (exact) mass is 265 g/mol. The van der Waals surface area contributed by atoms with Crippen LogP contribution in [0, 0.1) is 19.8 Å². The molecular formula is C14H23N3O2. The van der Waals surface area contributed by atoms with Crippen molar-refractivity contribution in [2.24, 2.45) is 13.0 Å². The molecule has 1 unspecified atom stereocenters. The predicted molar refractivity (Wildman–Crippen MR) is 72.8 cm³/mol. The van der Waals surface area contributed by atoms with Gasteiger partial charge in [0, 0.05) is 38.0 Å². The van der Waals surface area contributed by atoms with Crippen LogP contribution in [0.4, 0.5) is 0 Å². The molecule has 1 aliphatic heterocycles. The van der Waals surface area contributed by atoms with Crippen LogP contribution in [0.1, 0.15) is 29.8 Å². The summed E-state index contributed by atoms with van der Waals surface area (Å²) < 4.78 is 1.83. The highest BCUT2D eigenvalue weighted by atomic mass is 16.3. The lowest BCUT2D eigenvalue weighted by molar-refractivity contribution is -0.129. The van der Waals surface area contributed by atoms with E-state index in [2.05, 4.69) is 5.10 Å². The molecule has 1 saturated heterocycles. The van der Waals surface area contributed by atoms with E-state index in [0.717, 1.165) is 42.9 Å². The van der Waals surface area contributed by atoms with Gasteiger partial charge in [0.1, 0.15) is 0 Å². The van der Waals surface area contributed by atoms with Gasteiger partial charge in [0.05, 0.1) is 12.1 Å². The molecule has 1 aromatic heterocycles. The third kappa shape index (κ3) is 2.97. The second kappa shape index (κ2) is 5.74. The molecule has 19 heavy (non-hydrogen) atoms. The maximum atomic E-state index is 12.3. The number of rotatable bonds is 4. The molecule has 1 aromatic rings. The summed E-state index contributed by atoms with van der Waals surface area (Å²) in [4.78, 5) is 14.2. The third-order valence-electron chi connectivity index (χ3n) is 4.16. The van der Waals surface area contributed by atoms with E-state index in [-0.39, 0.29) is 12.5 Å². The second-order valence-electron chi connectivity index (χ2n) is 5.46. The van der Waals surface area contributed by atoms with Gasteiger partial charge in [-0.3, -0.25) is 9.48 Å². The van der Waals surface area contributed by atoms with Crippen molar-refractivity contribution in [1.82, 2.24) is 14.7 Å². The average Bonchev–Trinajstić information content (AvgIpc) is 2.91. The molecule has 0 aromatic carbocycles. The van der Waals surface area contributed by atoms with Crippen molar-refractivity contribution >= 4 is 5.91 Å². The zero-order chi connectivity index (χ0) is 14.0. The Morgan fingerprint density at radius 3 is 2.79 bits per heavy atom. The number of carbonyl (C=O) groups excluding carboxylic acids is 1. The number of aryl methyl sites for hydroxylation is 2. The first-order chi connectivity index (χ1) is 9.02. The molecule has 0 bridgehead atoms. The van der Waals surface area contributed by atoms with Gasteiger partial charge < -0.3 is 10.0 Å². The van der Waals surface area contributed by atoms with Gasteiger partial charge in [-0.2, -0.15) is 5.10 Å². The highest BCUT2D eigenvalue weighted by Gasteiger charge is 2.26. The molecular weight excluding hydrogens is 242 g/mol. The first-order valence-electron chi connectivity index (χ1n) is 6.90. The fraction of sp³-hybridized carbons (Fsp3) is 0.714. The van der Waals surface area contributed by atoms with E-state index < -0.39 is 0 Å². The first-order valence-corrected chi connectivity index (χ1v) is 6.90. The molecule has 2 rings (SSSR count). The average molecular weight is 265 g/mol. The van der Waals surface area contributed by atoms with Crippen LogP contribution in [-0.4, -0.2) is 45.4 Å². The van der Waals surface area contributed by atoms with Gasteiger partial charge >= 0.3 is 0 Å². The molecule has 1 amide bonds. The van der Waals surface area contributed by atoms with Gasteiger partial charge in [-0.15, -0.1) is 0 Å². The Morgan fingerprint density at radius 2 is 2.21 bits per heavy atom.